The van der Waals surface area contributed by atoms with Crippen molar-refractivity contribution in [3.05, 3.63) is 29.6 Å². The van der Waals surface area contributed by atoms with E-state index in [1.54, 1.807) is 0 Å². The van der Waals surface area contributed by atoms with Crippen LogP contribution in [0.4, 0.5) is 10.1 Å². The van der Waals surface area contributed by atoms with Crippen molar-refractivity contribution >= 4 is 11.6 Å². The van der Waals surface area contributed by atoms with E-state index in [0.717, 1.165) is 31.7 Å². The third-order valence-electron chi connectivity index (χ3n) is 3.42. The molecule has 0 aliphatic carbocycles. The molecular formula is C16H22FN3O. The molecule has 4 nitrogen and oxygen atoms in total. The first-order valence-electron chi connectivity index (χ1n) is 7.30. The lowest BCUT2D eigenvalue weighted by Crippen LogP contribution is -2.16. The molecule has 1 rings (SSSR count). The average molecular weight is 291 g/mol. The molecule has 0 spiro atoms. The number of hydrogen-bond donors (Lipinski definition) is 2. The Morgan fingerprint density at radius 2 is 2.19 bits per heavy atom. The molecule has 21 heavy (non-hydrogen) atoms. The van der Waals surface area contributed by atoms with Gasteiger partial charge in [0, 0.05) is 6.42 Å². The summed E-state index contributed by atoms with van der Waals surface area (Å²) in [7, 11) is 0. The second kappa shape index (κ2) is 9.09. The van der Waals surface area contributed by atoms with Crippen molar-refractivity contribution in [2.45, 2.75) is 39.0 Å². The normalized spacial score (nSPS) is 11.7. The maximum Gasteiger partial charge on any atom is 0.224 e. The standard InChI is InChI=1S/C16H22FN3O/c1-2-3-12(8-9-18)5-7-16(21)20-15-6-4-13(11-19)10-14(15)17/h4,6,10,12H,2-3,5,7-9,18H2,1H3,(H,20,21). The number of benzene rings is 1. The van der Waals surface area contributed by atoms with Crippen LogP contribution in [-0.2, 0) is 4.79 Å². The monoisotopic (exact) mass is 291 g/mol. The molecule has 0 fully saturated rings. The molecule has 0 radical (unpaired) electrons. The van der Waals surface area contributed by atoms with Crippen molar-refractivity contribution in [1.29, 1.82) is 5.26 Å². The summed E-state index contributed by atoms with van der Waals surface area (Å²) < 4.78 is 13.7. The Kier molecular flexibility index (Phi) is 7.41. The Hall–Kier alpha value is -1.93. The highest BCUT2D eigenvalue weighted by Crippen LogP contribution is 2.19. The Morgan fingerprint density at radius 1 is 1.43 bits per heavy atom. The summed E-state index contributed by atoms with van der Waals surface area (Å²) in [6.45, 7) is 2.73. The van der Waals surface area contributed by atoms with Gasteiger partial charge in [-0.15, -0.1) is 0 Å². The lowest BCUT2D eigenvalue weighted by Gasteiger charge is -2.14. The minimum absolute atomic E-state index is 0.116. The zero-order chi connectivity index (χ0) is 15.7. The van der Waals surface area contributed by atoms with E-state index in [9.17, 15) is 9.18 Å². The SMILES string of the molecule is CCCC(CCN)CCC(=O)Nc1ccc(C#N)cc1F. The molecular weight excluding hydrogens is 269 g/mol. The van der Waals surface area contributed by atoms with Gasteiger partial charge in [-0.2, -0.15) is 5.26 Å². The summed E-state index contributed by atoms with van der Waals surface area (Å²) in [6, 6.07) is 5.86. The highest BCUT2D eigenvalue weighted by atomic mass is 19.1. The van der Waals surface area contributed by atoms with Gasteiger partial charge in [-0.25, -0.2) is 4.39 Å². The Bertz CT molecular complexity index is 505. The number of nitrogens with one attached hydrogen (secondary N) is 1. The van der Waals surface area contributed by atoms with Crippen LogP contribution in [0.2, 0.25) is 0 Å². The van der Waals surface area contributed by atoms with E-state index in [1.807, 2.05) is 6.07 Å². The molecule has 0 aliphatic heterocycles. The van der Waals surface area contributed by atoms with Gasteiger partial charge in [0.1, 0.15) is 5.82 Å². The van der Waals surface area contributed by atoms with Gasteiger partial charge in [-0.1, -0.05) is 19.8 Å². The van der Waals surface area contributed by atoms with Crippen LogP contribution in [0.1, 0.15) is 44.6 Å². The Morgan fingerprint density at radius 3 is 2.76 bits per heavy atom. The predicted octanol–water partition coefficient (Wildman–Crippen LogP) is 3.18. The van der Waals surface area contributed by atoms with Gasteiger partial charge >= 0.3 is 0 Å². The minimum Gasteiger partial charge on any atom is -0.330 e. The van der Waals surface area contributed by atoms with Crippen molar-refractivity contribution in [1.82, 2.24) is 0 Å². The third kappa shape index (κ3) is 5.92. The molecule has 1 amide bonds. The molecule has 1 unspecified atom stereocenters. The van der Waals surface area contributed by atoms with Gasteiger partial charge in [0.05, 0.1) is 17.3 Å². The van der Waals surface area contributed by atoms with E-state index in [-0.39, 0.29) is 17.2 Å². The summed E-state index contributed by atoms with van der Waals surface area (Å²) in [5.74, 6) is -0.359. The lowest BCUT2D eigenvalue weighted by atomic mass is 9.94. The van der Waals surface area contributed by atoms with Gasteiger partial charge in [0.25, 0.3) is 0 Å². The maximum atomic E-state index is 13.7. The average Bonchev–Trinajstić information content (AvgIpc) is 2.47. The molecule has 1 aromatic rings. The number of nitrogens with two attached hydrogens (primary N) is 1. The predicted molar refractivity (Wildman–Crippen MR) is 81.0 cm³/mol. The van der Waals surface area contributed by atoms with Crippen LogP contribution in [-0.4, -0.2) is 12.5 Å². The zero-order valence-electron chi connectivity index (χ0n) is 12.4. The number of nitrogens with zero attached hydrogens (tertiary/aromatic N) is 1. The second-order valence-corrected chi connectivity index (χ2v) is 5.13. The summed E-state index contributed by atoms with van der Waals surface area (Å²) >= 11 is 0. The van der Waals surface area contributed by atoms with Gasteiger partial charge in [-0.05, 0) is 43.5 Å². The third-order valence-corrected chi connectivity index (χ3v) is 3.42. The quantitative estimate of drug-likeness (QED) is 0.772. The molecule has 3 N–H and O–H groups in total. The van der Waals surface area contributed by atoms with Crippen LogP contribution < -0.4 is 11.1 Å². The van der Waals surface area contributed by atoms with Crippen LogP contribution in [0.15, 0.2) is 18.2 Å². The summed E-state index contributed by atoms with van der Waals surface area (Å²) in [4.78, 5) is 11.9. The first-order chi connectivity index (χ1) is 10.1. The molecule has 0 saturated carbocycles. The van der Waals surface area contributed by atoms with Crippen molar-refractivity contribution in [3.8, 4) is 6.07 Å². The van der Waals surface area contributed by atoms with Gasteiger partial charge in [0.15, 0.2) is 0 Å². The largest absolute Gasteiger partial charge is 0.330 e. The highest BCUT2D eigenvalue weighted by Gasteiger charge is 2.12. The van der Waals surface area contributed by atoms with Crippen molar-refractivity contribution in [3.63, 3.8) is 0 Å². The van der Waals surface area contributed by atoms with Crippen LogP contribution in [0, 0.1) is 23.1 Å². The van der Waals surface area contributed by atoms with Crippen LogP contribution in [0.3, 0.4) is 0 Å². The molecule has 0 aliphatic rings. The van der Waals surface area contributed by atoms with E-state index in [4.69, 9.17) is 11.0 Å². The Balaban J connectivity index is 2.52. The number of carbonyl (C=O) groups excluding carboxylic acids is 1. The van der Waals surface area contributed by atoms with Crippen LogP contribution >= 0.6 is 0 Å². The van der Waals surface area contributed by atoms with E-state index in [0.29, 0.717) is 18.9 Å². The molecule has 1 aromatic carbocycles. The summed E-state index contributed by atoms with van der Waals surface area (Å²) in [5.41, 5.74) is 5.91. The molecule has 0 bridgehead atoms. The van der Waals surface area contributed by atoms with Crippen molar-refractivity contribution in [2.24, 2.45) is 11.7 Å². The fourth-order valence-electron chi connectivity index (χ4n) is 2.31. The highest BCUT2D eigenvalue weighted by molar-refractivity contribution is 5.90. The first-order valence-corrected chi connectivity index (χ1v) is 7.30. The minimum atomic E-state index is -0.588. The van der Waals surface area contributed by atoms with Gasteiger partial charge in [-0.3, -0.25) is 4.79 Å². The number of amides is 1. The first kappa shape index (κ1) is 17.1. The molecule has 0 heterocycles. The molecule has 5 heteroatoms. The van der Waals surface area contributed by atoms with Crippen molar-refractivity contribution < 1.29 is 9.18 Å². The van der Waals surface area contributed by atoms with E-state index in [1.165, 1.54) is 12.1 Å². The van der Waals surface area contributed by atoms with Gasteiger partial charge in [0.2, 0.25) is 5.91 Å². The summed E-state index contributed by atoms with van der Waals surface area (Å²) in [5, 5.41) is 11.2. The van der Waals surface area contributed by atoms with E-state index < -0.39 is 5.82 Å². The fraction of sp³-hybridized carbons (Fsp3) is 0.500. The lowest BCUT2D eigenvalue weighted by molar-refractivity contribution is -0.116. The molecule has 1 atom stereocenters. The number of anilines is 1. The second-order valence-electron chi connectivity index (χ2n) is 5.13. The van der Waals surface area contributed by atoms with Gasteiger partial charge < -0.3 is 11.1 Å². The Labute approximate surface area is 125 Å². The molecule has 0 aromatic heterocycles. The fourth-order valence-corrected chi connectivity index (χ4v) is 2.31. The van der Waals surface area contributed by atoms with E-state index in [2.05, 4.69) is 12.2 Å². The number of hydrogen-bond acceptors (Lipinski definition) is 3. The molecule has 114 valence electrons. The maximum absolute atomic E-state index is 13.7. The topological polar surface area (TPSA) is 78.9 Å². The number of nitriles is 1. The number of rotatable bonds is 8. The molecule has 0 saturated heterocycles. The van der Waals surface area contributed by atoms with E-state index >= 15 is 0 Å². The smallest absolute Gasteiger partial charge is 0.224 e. The summed E-state index contributed by atoms with van der Waals surface area (Å²) in [6.07, 6.45) is 4.14. The number of halogens is 1. The van der Waals surface area contributed by atoms with Crippen molar-refractivity contribution in [2.75, 3.05) is 11.9 Å². The van der Waals surface area contributed by atoms with Crippen LogP contribution in [0.5, 0.6) is 0 Å². The van der Waals surface area contributed by atoms with Crippen LogP contribution in [0.25, 0.3) is 0 Å². The number of carbonyl (C=O) groups is 1. The zero-order valence-corrected chi connectivity index (χ0v) is 12.4.